The minimum absolute atomic E-state index is 0. The summed E-state index contributed by atoms with van der Waals surface area (Å²) < 4.78 is 5.29. The Morgan fingerprint density at radius 3 is 2.74 bits per heavy atom. The van der Waals surface area contributed by atoms with E-state index in [4.69, 9.17) is 4.42 Å². The van der Waals surface area contributed by atoms with Gasteiger partial charge in [-0.15, -0.1) is 24.0 Å². The second-order valence-electron chi connectivity index (χ2n) is 4.22. The van der Waals surface area contributed by atoms with E-state index < -0.39 is 0 Å². The third kappa shape index (κ3) is 8.91. The van der Waals surface area contributed by atoms with Crippen molar-refractivity contribution in [2.75, 3.05) is 19.6 Å². The molecule has 1 rings (SSSR count). The van der Waals surface area contributed by atoms with E-state index in [1.165, 1.54) is 12.8 Å². The van der Waals surface area contributed by atoms with Gasteiger partial charge in [0.2, 0.25) is 0 Å². The summed E-state index contributed by atoms with van der Waals surface area (Å²) in [5, 5.41) is 6.56. The predicted molar refractivity (Wildman–Crippen MR) is 91.3 cm³/mol. The molecule has 0 aromatic carbocycles. The Bertz CT molecular complexity index is 325. The Kier molecular flexibility index (Phi) is 11.9. The SMILES string of the molecule is CCCCCN=C(NCC)NCCc1ccco1.I. The zero-order chi connectivity index (χ0) is 13.1. The third-order valence-electron chi connectivity index (χ3n) is 2.62. The molecule has 0 unspecified atom stereocenters. The lowest BCUT2D eigenvalue weighted by Crippen LogP contribution is -2.38. The maximum Gasteiger partial charge on any atom is 0.191 e. The van der Waals surface area contributed by atoms with Gasteiger partial charge in [-0.25, -0.2) is 0 Å². The van der Waals surface area contributed by atoms with Crippen LogP contribution in [0.4, 0.5) is 0 Å². The molecule has 1 aromatic heterocycles. The first kappa shape index (κ1) is 18.3. The molecule has 0 saturated heterocycles. The predicted octanol–water partition coefficient (Wildman–Crippen LogP) is 3.19. The van der Waals surface area contributed by atoms with Crippen LogP contribution in [0.3, 0.4) is 0 Å². The van der Waals surface area contributed by atoms with Crippen LogP contribution in [0.15, 0.2) is 27.8 Å². The van der Waals surface area contributed by atoms with E-state index >= 15 is 0 Å². The first-order valence-electron chi connectivity index (χ1n) is 6.91. The van der Waals surface area contributed by atoms with Crippen LogP contribution in [0.25, 0.3) is 0 Å². The molecule has 0 bridgehead atoms. The fourth-order valence-corrected chi connectivity index (χ4v) is 1.65. The summed E-state index contributed by atoms with van der Waals surface area (Å²) >= 11 is 0. The third-order valence-corrected chi connectivity index (χ3v) is 2.62. The molecule has 0 fully saturated rings. The van der Waals surface area contributed by atoms with E-state index in [1.807, 2.05) is 12.1 Å². The second kappa shape index (κ2) is 12.3. The highest BCUT2D eigenvalue weighted by Crippen LogP contribution is 1.99. The molecule has 4 nitrogen and oxygen atoms in total. The quantitative estimate of drug-likeness (QED) is 0.316. The maximum atomic E-state index is 5.29. The number of unbranched alkanes of at least 4 members (excludes halogenated alkanes) is 2. The van der Waals surface area contributed by atoms with E-state index in [0.717, 1.165) is 44.2 Å². The maximum absolute atomic E-state index is 5.29. The summed E-state index contributed by atoms with van der Waals surface area (Å²) in [6.45, 7) is 6.91. The normalized spacial score (nSPS) is 10.9. The second-order valence-corrected chi connectivity index (χ2v) is 4.22. The molecule has 2 N–H and O–H groups in total. The highest BCUT2D eigenvalue weighted by atomic mass is 127. The van der Waals surface area contributed by atoms with Gasteiger partial charge in [-0.3, -0.25) is 4.99 Å². The van der Waals surface area contributed by atoms with Gasteiger partial charge in [-0.1, -0.05) is 19.8 Å². The number of rotatable bonds is 8. The molecular formula is C14H26IN3O. The van der Waals surface area contributed by atoms with Crippen LogP contribution in [-0.4, -0.2) is 25.6 Å². The van der Waals surface area contributed by atoms with Crippen LogP contribution in [0.1, 0.15) is 38.9 Å². The molecule has 0 aliphatic carbocycles. The molecule has 1 heterocycles. The summed E-state index contributed by atoms with van der Waals surface area (Å²) in [5.74, 6) is 1.91. The van der Waals surface area contributed by atoms with Crippen LogP contribution >= 0.6 is 24.0 Å². The van der Waals surface area contributed by atoms with Crippen molar-refractivity contribution in [2.45, 2.75) is 39.5 Å². The van der Waals surface area contributed by atoms with Crippen molar-refractivity contribution in [3.63, 3.8) is 0 Å². The number of aliphatic imine (C=N–C) groups is 1. The summed E-state index contributed by atoms with van der Waals surface area (Å²) in [6.07, 6.45) is 6.23. The van der Waals surface area contributed by atoms with Crippen molar-refractivity contribution < 1.29 is 4.42 Å². The van der Waals surface area contributed by atoms with Gasteiger partial charge in [0.1, 0.15) is 5.76 Å². The van der Waals surface area contributed by atoms with E-state index in [0.29, 0.717) is 0 Å². The van der Waals surface area contributed by atoms with Gasteiger partial charge in [0, 0.05) is 26.1 Å². The van der Waals surface area contributed by atoms with E-state index in [9.17, 15) is 0 Å². The lowest BCUT2D eigenvalue weighted by molar-refractivity contribution is 0.507. The first-order valence-corrected chi connectivity index (χ1v) is 6.91. The molecule has 1 aromatic rings. The number of nitrogens with zero attached hydrogens (tertiary/aromatic N) is 1. The van der Waals surface area contributed by atoms with Gasteiger partial charge in [0.05, 0.1) is 6.26 Å². The average Bonchev–Trinajstić information content (AvgIpc) is 2.87. The minimum Gasteiger partial charge on any atom is -0.469 e. The van der Waals surface area contributed by atoms with Gasteiger partial charge in [-0.2, -0.15) is 0 Å². The highest BCUT2D eigenvalue weighted by molar-refractivity contribution is 14.0. The molecule has 0 atom stereocenters. The molecular weight excluding hydrogens is 353 g/mol. The molecule has 0 aliphatic heterocycles. The Morgan fingerprint density at radius 1 is 1.26 bits per heavy atom. The topological polar surface area (TPSA) is 49.6 Å². The molecule has 0 amide bonds. The van der Waals surface area contributed by atoms with Crippen molar-refractivity contribution >= 4 is 29.9 Å². The van der Waals surface area contributed by atoms with Gasteiger partial charge in [0.25, 0.3) is 0 Å². The van der Waals surface area contributed by atoms with Crippen molar-refractivity contribution in [2.24, 2.45) is 4.99 Å². The monoisotopic (exact) mass is 379 g/mol. The molecule has 0 saturated carbocycles. The lowest BCUT2D eigenvalue weighted by atomic mass is 10.2. The van der Waals surface area contributed by atoms with E-state index in [1.54, 1.807) is 6.26 Å². The largest absolute Gasteiger partial charge is 0.469 e. The fourth-order valence-electron chi connectivity index (χ4n) is 1.65. The van der Waals surface area contributed by atoms with Crippen LogP contribution in [0.2, 0.25) is 0 Å². The van der Waals surface area contributed by atoms with Crippen molar-refractivity contribution in [3.05, 3.63) is 24.2 Å². The van der Waals surface area contributed by atoms with Crippen molar-refractivity contribution in [1.29, 1.82) is 0 Å². The van der Waals surface area contributed by atoms with Gasteiger partial charge < -0.3 is 15.1 Å². The molecule has 0 radical (unpaired) electrons. The Morgan fingerprint density at radius 2 is 2.11 bits per heavy atom. The minimum atomic E-state index is 0. The number of halogens is 1. The number of furan rings is 1. The van der Waals surface area contributed by atoms with Crippen molar-refractivity contribution in [1.82, 2.24) is 10.6 Å². The van der Waals surface area contributed by atoms with Crippen LogP contribution in [-0.2, 0) is 6.42 Å². The van der Waals surface area contributed by atoms with Crippen LogP contribution < -0.4 is 10.6 Å². The van der Waals surface area contributed by atoms with Crippen molar-refractivity contribution in [3.8, 4) is 0 Å². The molecule has 0 aliphatic rings. The Balaban J connectivity index is 0.00000324. The van der Waals surface area contributed by atoms with E-state index in [2.05, 4.69) is 29.5 Å². The fraction of sp³-hybridized carbons (Fsp3) is 0.643. The smallest absolute Gasteiger partial charge is 0.191 e. The first-order chi connectivity index (χ1) is 8.86. The number of nitrogens with one attached hydrogen (secondary N) is 2. The number of guanidine groups is 1. The molecule has 5 heteroatoms. The zero-order valence-corrected chi connectivity index (χ0v) is 14.3. The molecule has 19 heavy (non-hydrogen) atoms. The average molecular weight is 379 g/mol. The zero-order valence-electron chi connectivity index (χ0n) is 11.9. The summed E-state index contributed by atoms with van der Waals surface area (Å²) in [7, 11) is 0. The Labute approximate surface area is 133 Å². The summed E-state index contributed by atoms with van der Waals surface area (Å²) in [5.41, 5.74) is 0. The van der Waals surface area contributed by atoms with Crippen LogP contribution in [0.5, 0.6) is 0 Å². The highest BCUT2D eigenvalue weighted by Gasteiger charge is 1.98. The van der Waals surface area contributed by atoms with E-state index in [-0.39, 0.29) is 24.0 Å². The summed E-state index contributed by atoms with van der Waals surface area (Å²) in [4.78, 5) is 4.53. The van der Waals surface area contributed by atoms with Gasteiger partial charge in [-0.05, 0) is 25.5 Å². The number of hydrogen-bond acceptors (Lipinski definition) is 2. The van der Waals surface area contributed by atoms with Gasteiger partial charge in [0.15, 0.2) is 5.96 Å². The lowest BCUT2D eigenvalue weighted by Gasteiger charge is -2.10. The molecule has 110 valence electrons. The summed E-state index contributed by atoms with van der Waals surface area (Å²) in [6, 6.07) is 3.91. The standard InChI is InChI=1S/C14H25N3O.HI/c1-3-5-6-10-16-14(15-4-2)17-11-9-13-8-7-12-18-13;/h7-8,12H,3-6,9-11H2,1-2H3,(H2,15,16,17);1H. The Hall–Kier alpha value is -0.720. The van der Waals surface area contributed by atoms with Crippen LogP contribution in [0, 0.1) is 0 Å². The molecule has 0 spiro atoms. The number of hydrogen-bond donors (Lipinski definition) is 2. The van der Waals surface area contributed by atoms with Gasteiger partial charge >= 0.3 is 0 Å².